The van der Waals surface area contributed by atoms with E-state index in [0.29, 0.717) is 19.0 Å². The molecule has 1 amide bonds. The monoisotopic (exact) mass is 248 g/mol. The maximum Gasteiger partial charge on any atom is 0.221 e. The number of ether oxygens (including phenoxy) is 1. The molecular formula is C14H20N2O2. The number of benzene rings is 1. The quantitative estimate of drug-likeness (QED) is 0.829. The van der Waals surface area contributed by atoms with E-state index in [1.54, 1.807) is 7.11 Å². The number of methoxy groups -OCH3 is 1. The smallest absolute Gasteiger partial charge is 0.221 e. The van der Waals surface area contributed by atoms with E-state index in [0.717, 1.165) is 24.3 Å². The van der Waals surface area contributed by atoms with Crippen molar-refractivity contribution in [2.45, 2.75) is 31.8 Å². The number of amides is 1. The van der Waals surface area contributed by atoms with Gasteiger partial charge < -0.3 is 15.4 Å². The predicted molar refractivity (Wildman–Crippen MR) is 70.5 cm³/mol. The number of nitrogens with one attached hydrogen (secondary N) is 2. The summed E-state index contributed by atoms with van der Waals surface area (Å²) in [5.41, 5.74) is 1.06. The van der Waals surface area contributed by atoms with Crippen molar-refractivity contribution in [2.75, 3.05) is 13.7 Å². The highest BCUT2D eigenvalue weighted by Gasteiger charge is 2.17. The normalized spacial score (nSPS) is 18.6. The van der Waals surface area contributed by atoms with E-state index in [4.69, 9.17) is 4.74 Å². The number of hydrogen-bond donors (Lipinski definition) is 2. The summed E-state index contributed by atoms with van der Waals surface area (Å²) >= 11 is 0. The highest BCUT2D eigenvalue weighted by Crippen LogP contribution is 2.12. The minimum atomic E-state index is 0.109. The van der Waals surface area contributed by atoms with Crippen LogP contribution in [0.1, 0.15) is 24.8 Å². The third-order valence-electron chi connectivity index (χ3n) is 3.22. The molecule has 2 rings (SSSR count). The number of carbonyl (C=O) groups excluding carboxylic acids is 1. The fourth-order valence-corrected chi connectivity index (χ4v) is 2.21. The second-order valence-electron chi connectivity index (χ2n) is 4.63. The Morgan fingerprint density at radius 1 is 1.56 bits per heavy atom. The van der Waals surface area contributed by atoms with Crippen LogP contribution in [0.2, 0.25) is 0 Å². The molecule has 18 heavy (non-hydrogen) atoms. The van der Waals surface area contributed by atoms with Crippen LogP contribution in [0.3, 0.4) is 0 Å². The lowest BCUT2D eigenvalue weighted by atomic mass is 10.1. The third kappa shape index (κ3) is 3.74. The van der Waals surface area contributed by atoms with Gasteiger partial charge in [-0.25, -0.2) is 0 Å². The maximum absolute atomic E-state index is 11.7. The fourth-order valence-electron chi connectivity index (χ4n) is 2.21. The van der Waals surface area contributed by atoms with Gasteiger partial charge in [0.15, 0.2) is 0 Å². The van der Waals surface area contributed by atoms with Gasteiger partial charge in [-0.15, -0.1) is 0 Å². The van der Waals surface area contributed by atoms with Gasteiger partial charge in [0, 0.05) is 19.0 Å². The van der Waals surface area contributed by atoms with E-state index in [1.807, 2.05) is 24.3 Å². The summed E-state index contributed by atoms with van der Waals surface area (Å²) in [5, 5.41) is 6.27. The van der Waals surface area contributed by atoms with Gasteiger partial charge in [-0.05, 0) is 37.1 Å². The van der Waals surface area contributed by atoms with Crippen LogP contribution in [0.5, 0.6) is 5.75 Å². The molecule has 1 fully saturated rings. The first kappa shape index (κ1) is 12.9. The Bertz CT molecular complexity index is 401. The minimum Gasteiger partial charge on any atom is -0.497 e. The Kier molecular flexibility index (Phi) is 4.59. The average Bonchev–Trinajstić information content (AvgIpc) is 2.89. The van der Waals surface area contributed by atoms with Gasteiger partial charge in [0.05, 0.1) is 7.11 Å². The Balaban J connectivity index is 1.77. The first-order valence-corrected chi connectivity index (χ1v) is 6.41. The molecule has 1 aromatic carbocycles. The van der Waals surface area contributed by atoms with Crippen molar-refractivity contribution >= 4 is 5.91 Å². The number of hydrogen-bond acceptors (Lipinski definition) is 3. The zero-order valence-electron chi connectivity index (χ0n) is 10.7. The second kappa shape index (κ2) is 6.40. The van der Waals surface area contributed by atoms with Gasteiger partial charge in [-0.3, -0.25) is 4.79 Å². The molecule has 1 heterocycles. The fraction of sp³-hybridized carbons (Fsp3) is 0.500. The van der Waals surface area contributed by atoms with Gasteiger partial charge in [-0.2, -0.15) is 0 Å². The molecular weight excluding hydrogens is 228 g/mol. The Morgan fingerprint density at radius 3 is 3.17 bits per heavy atom. The summed E-state index contributed by atoms with van der Waals surface area (Å²) in [5.74, 6) is 0.927. The molecule has 1 aromatic rings. The lowest BCUT2D eigenvalue weighted by molar-refractivity contribution is -0.121. The van der Waals surface area contributed by atoms with Crippen LogP contribution >= 0.6 is 0 Å². The van der Waals surface area contributed by atoms with Gasteiger partial charge in [0.1, 0.15) is 5.75 Å². The summed E-state index contributed by atoms with van der Waals surface area (Å²) < 4.78 is 5.15. The van der Waals surface area contributed by atoms with Crippen LogP contribution in [0.4, 0.5) is 0 Å². The zero-order valence-corrected chi connectivity index (χ0v) is 10.7. The second-order valence-corrected chi connectivity index (χ2v) is 4.63. The first-order valence-electron chi connectivity index (χ1n) is 6.41. The van der Waals surface area contributed by atoms with Gasteiger partial charge >= 0.3 is 0 Å². The van der Waals surface area contributed by atoms with Crippen molar-refractivity contribution in [1.82, 2.24) is 10.6 Å². The predicted octanol–water partition coefficient (Wildman–Crippen LogP) is 1.45. The van der Waals surface area contributed by atoms with Crippen LogP contribution in [-0.2, 0) is 11.3 Å². The first-order chi connectivity index (χ1) is 8.78. The van der Waals surface area contributed by atoms with Gasteiger partial charge in [0.25, 0.3) is 0 Å². The van der Waals surface area contributed by atoms with Crippen molar-refractivity contribution in [2.24, 2.45) is 0 Å². The molecule has 0 bridgehead atoms. The van der Waals surface area contributed by atoms with Crippen molar-refractivity contribution in [3.63, 3.8) is 0 Å². The molecule has 4 nitrogen and oxygen atoms in total. The minimum absolute atomic E-state index is 0.109. The molecule has 1 aliphatic heterocycles. The van der Waals surface area contributed by atoms with Crippen LogP contribution in [0.15, 0.2) is 24.3 Å². The number of carbonyl (C=O) groups is 1. The van der Waals surface area contributed by atoms with E-state index in [1.165, 1.54) is 6.42 Å². The standard InChI is InChI=1S/C14H20N2O2/c1-18-13-6-2-4-11(8-13)10-16-14(17)9-12-5-3-7-15-12/h2,4,6,8,12,15H,3,5,7,9-10H2,1H3,(H,16,17). The molecule has 1 saturated heterocycles. The van der Waals surface area contributed by atoms with Crippen molar-refractivity contribution in [3.8, 4) is 5.75 Å². The van der Waals surface area contributed by atoms with Crippen molar-refractivity contribution < 1.29 is 9.53 Å². The molecule has 1 atom stereocenters. The summed E-state index contributed by atoms with van der Waals surface area (Å²) in [6, 6.07) is 8.10. The summed E-state index contributed by atoms with van der Waals surface area (Å²) in [4.78, 5) is 11.7. The van der Waals surface area contributed by atoms with Crippen LogP contribution < -0.4 is 15.4 Å². The molecule has 2 N–H and O–H groups in total. The van der Waals surface area contributed by atoms with Crippen molar-refractivity contribution in [1.29, 1.82) is 0 Å². The van der Waals surface area contributed by atoms with Crippen LogP contribution in [0.25, 0.3) is 0 Å². The molecule has 1 aliphatic rings. The molecule has 0 aliphatic carbocycles. The largest absolute Gasteiger partial charge is 0.497 e. The average molecular weight is 248 g/mol. The summed E-state index contributed by atoms with van der Waals surface area (Å²) in [6.07, 6.45) is 2.85. The topological polar surface area (TPSA) is 50.4 Å². The Hall–Kier alpha value is -1.55. The highest BCUT2D eigenvalue weighted by molar-refractivity contribution is 5.76. The molecule has 4 heteroatoms. The van der Waals surface area contributed by atoms with Crippen LogP contribution in [0, 0.1) is 0 Å². The van der Waals surface area contributed by atoms with E-state index < -0.39 is 0 Å². The van der Waals surface area contributed by atoms with Crippen LogP contribution in [-0.4, -0.2) is 25.6 Å². The maximum atomic E-state index is 11.7. The zero-order chi connectivity index (χ0) is 12.8. The Labute approximate surface area is 108 Å². The van der Waals surface area contributed by atoms with E-state index in [2.05, 4.69) is 10.6 Å². The molecule has 98 valence electrons. The molecule has 1 unspecified atom stereocenters. The van der Waals surface area contributed by atoms with Gasteiger partial charge in [-0.1, -0.05) is 12.1 Å². The van der Waals surface area contributed by atoms with Gasteiger partial charge in [0.2, 0.25) is 5.91 Å². The lowest BCUT2D eigenvalue weighted by Gasteiger charge is -2.10. The highest BCUT2D eigenvalue weighted by atomic mass is 16.5. The number of rotatable bonds is 5. The lowest BCUT2D eigenvalue weighted by Crippen LogP contribution is -2.31. The van der Waals surface area contributed by atoms with E-state index in [9.17, 15) is 4.79 Å². The summed E-state index contributed by atoms with van der Waals surface area (Å²) in [6.45, 7) is 1.59. The third-order valence-corrected chi connectivity index (χ3v) is 3.22. The molecule has 0 saturated carbocycles. The van der Waals surface area contributed by atoms with Crippen molar-refractivity contribution in [3.05, 3.63) is 29.8 Å². The molecule has 0 radical (unpaired) electrons. The van der Waals surface area contributed by atoms with E-state index in [-0.39, 0.29) is 5.91 Å². The Morgan fingerprint density at radius 2 is 2.44 bits per heavy atom. The summed E-state index contributed by atoms with van der Waals surface area (Å²) in [7, 11) is 1.64. The molecule has 0 spiro atoms. The van der Waals surface area contributed by atoms with E-state index >= 15 is 0 Å². The SMILES string of the molecule is COc1cccc(CNC(=O)CC2CCCN2)c1. The molecule has 0 aromatic heterocycles.